The highest BCUT2D eigenvalue weighted by atomic mass is 32.2. The summed E-state index contributed by atoms with van der Waals surface area (Å²) < 4.78 is 27.2. The zero-order chi connectivity index (χ0) is 28.4. The van der Waals surface area contributed by atoms with Crippen LogP contribution < -0.4 is 15.0 Å². The summed E-state index contributed by atoms with van der Waals surface area (Å²) in [5.41, 5.74) is 2.63. The number of aromatic nitrogens is 2. The molecule has 212 valence electrons. The van der Waals surface area contributed by atoms with Gasteiger partial charge in [0.2, 0.25) is 11.8 Å². The second kappa shape index (κ2) is 11.6. The predicted molar refractivity (Wildman–Crippen MR) is 154 cm³/mol. The van der Waals surface area contributed by atoms with Crippen LogP contribution >= 0.6 is 11.8 Å². The van der Waals surface area contributed by atoms with Gasteiger partial charge in [-0.05, 0) is 54.8 Å². The molecule has 0 radical (unpaired) electrons. The number of amides is 2. The summed E-state index contributed by atoms with van der Waals surface area (Å²) in [5, 5.41) is 7.63. The molecule has 0 unspecified atom stereocenters. The minimum absolute atomic E-state index is 0.00965. The molecule has 2 aliphatic rings. The molecular formula is C30H35FN4O4S. The number of halogens is 1. The number of carbonyl (C=O) groups is 2. The largest absolute Gasteiger partial charge is 0.497 e. The molecule has 2 atom stereocenters. The zero-order valence-corrected chi connectivity index (χ0v) is 24.1. The number of methoxy groups -OCH3 is 1. The smallest absolute Gasteiger partial charge is 0.240 e. The first-order valence-electron chi connectivity index (χ1n) is 13.5. The molecule has 8 nitrogen and oxygen atoms in total. The van der Waals surface area contributed by atoms with E-state index >= 15 is 0 Å². The molecule has 2 amide bonds. The Labute approximate surface area is 238 Å². The van der Waals surface area contributed by atoms with Crippen LogP contribution in [0.5, 0.6) is 5.75 Å². The van der Waals surface area contributed by atoms with Gasteiger partial charge >= 0.3 is 0 Å². The lowest BCUT2D eigenvalue weighted by molar-refractivity contribution is -0.123. The lowest BCUT2D eigenvalue weighted by atomic mass is 9.87. The topological polar surface area (TPSA) is 85.7 Å². The maximum absolute atomic E-state index is 14.4. The van der Waals surface area contributed by atoms with Crippen LogP contribution in [0.2, 0.25) is 0 Å². The van der Waals surface area contributed by atoms with Crippen molar-refractivity contribution in [1.82, 2.24) is 15.1 Å². The summed E-state index contributed by atoms with van der Waals surface area (Å²) in [6.45, 7) is 7.12. The Bertz CT molecular complexity index is 1380. The van der Waals surface area contributed by atoms with Crippen molar-refractivity contribution in [3.8, 4) is 11.4 Å². The van der Waals surface area contributed by atoms with E-state index in [1.807, 2.05) is 30.3 Å². The first kappa shape index (κ1) is 28.2. The van der Waals surface area contributed by atoms with E-state index in [9.17, 15) is 14.0 Å². The van der Waals surface area contributed by atoms with Gasteiger partial charge in [-0.1, -0.05) is 32.9 Å². The summed E-state index contributed by atoms with van der Waals surface area (Å²) in [4.78, 5) is 28.5. The van der Waals surface area contributed by atoms with Crippen LogP contribution in [-0.2, 0) is 19.7 Å². The lowest BCUT2D eigenvalue weighted by Crippen LogP contribution is -2.44. The number of carbonyl (C=O) groups excluding carboxylic acids is 2. The normalized spacial score (nSPS) is 19.3. The van der Waals surface area contributed by atoms with Gasteiger partial charge in [-0.3, -0.25) is 14.5 Å². The Balaban J connectivity index is 1.65. The second-order valence-electron chi connectivity index (χ2n) is 11.1. The standard InChI is InChI=1S/C30H35FN4O4S/c1-30(2,3)28-26-27(19-7-5-8-20(31)15-19)40-18-25(37)34(17-24(36)32-16-23-9-6-14-39-23)29(26)35(33-28)21-10-12-22(38-4)13-11-21/h5,7-8,10-13,15,23,27H,6,9,14,16-18H2,1-4H3,(H,32,36)/t23-,27-/m0/s1. The number of rotatable bonds is 7. The Morgan fingerprint density at radius 1 is 1.23 bits per heavy atom. The van der Waals surface area contributed by atoms with Gasteiger partial charge in [0.25, 0.3) is 0 Å². The van der Waals surface area contributed by atoms with Crippen molar-refractivity contribution in [3.63, 3.8) is 0 Å². The summed E-state index contributed by atoms with van der Waals surface area (Å²) in [6.07, 6.45) is 1.87. The van der Waals surface area contributed by atoms with Crippen molar-refractivity contribution in [2.24, 2.45) is 0 Å². The van der Waals surface area contributed by atoms with Crippen LogP contribution in [-0.4, -0.2) is 60.3 Å². The fourth-order valence-electron chi connectivity index (χ4n) is 5.14. The van der Waals surface area contributed by atoms with Crippen molar-refractivity contribution in [1.29, 1.82) is 0 Å². The third-order valence-electron chi connectivity index (χ3n) is 7.12. The lowest BCUT2D eigenvalue weighted by Gasteiger charge is -2.25. The van der Waals surface area contributed by atoms with Crippen LogP contribution in [0.15, 0.2) is 48.5 Å². The molecule has 5 rings (SSSR count). The summed E-state index contributed by atoms with van der Waals surface area (Å²) in [5.74, 6) is 0.497. The number of anilines is 1. The van der Waals surface area contributed by atoms with Gasteiger partial charge in [0.1, 0.15) is 23.9 Å². The number of nitrogens with zero attached hydrogens (tertiary/aromatic N) is 3. The Kier molecular flexibility index (Phi) is 8.19. The Morgan fingerprint density at radius 3 is 2.65 bits per heavy atom. The number of ether oxygens (including phenoxy) is 2. The number of hydrogen-bond acceptors (Lipinski definition) is 6. The minimum Gasteiger partial charge on any atom is -0.497 e. The van der Waals surface area contributed by atoms with E-state index in [2.05, 4.69) is 26.1 Å². The number of thioether (sulfide) groups is 1. The molecule has 1 saturated heterocycles. The first-order chi connectivity index (χ1) is 19.2. The quantitative estimate of drug-likeness (QED) is 0.443. The highest BCUT2D eigenvalue weighted by Gasteiger charge is 2.40. The molecule has 3 aromatic rings. The molecule has 0 spiro atoms. The van der Waals surface area contributed by atoms with Crippen molar-refractivity contribution in [2.75, 3.05) is 37.5 Å². The molecule has 2 aromatic carbocycles. The average molecular weight is 567 g/mol. The molecule has 1 aromatic heterocycles. The van der Waals surface area contributed by atoms with Gasteiger partial charge < -0.3 is 14.8 Å². The van der Waals surface area contributed by atoms with Gasteiger partial charge in [-0.15, -0.1) is 11.8 Å². The van der Waals surface area contributed by atoms with E-state index in [1.165, 1.54) is 28.8 Å². The van der Waals surface area contributed by atoms with E-state index in [4.69, 9.17) is 14.6 Å². The summed E-state index contributed by atoms with van der Waals surface area (Å²) in [7, 11) is 1.60. The maximum atomic E-state index is 14.4. The summed E-state index contributed by atoms with van der Waals surface area (Å²) >= 11 is 1.42. The number of nitrogens with one attached hydrogen (secondary N) is 1. The molecule has 0 bridgehead atoms. The number of fused-ring (bicyclic) bond motifs is 1. The van der Waals surface area contributed by atoms with E-state index < -0.39 is 5.41 Å². The molecule has 1 fully saturated rings. The van der Waals surface area contributed by atoms with Crippen molar-refractivity contribution >= 4 is 29.4 Å². The van der Waals surface area contributed by atoms with Crippen LogP contribution in [0.1, 0.15) is 55.7 Å². The highest BCUT2D eigenvalue weighted by molar-refractivity contribution is 8.00. The molecule has 0 aliphatic carbocycles. The Hall–Kier alpha value is -3.37. The van der Waals surface area contributed by atoms with Crippen molar-refractivity contribution in [2.45, 2.75) is 50.4 Å². The Morgan fingerprint density at radius 2 is 2.00 bits per heavy atom. The maximum Gasteiger partial charge on any atom is 0.240 e. The third-order valence-corrected chi connectivity index (χ3v) is 8.38. The van der Waals surface area contributed by atoms with E-state index in [0.29, 0.717) is 24.7 Å². The van der Waals surface area contributed by atoms with Gasteiger partial charge in [0.15, 0.2) is 0 Å². The second-order valence-corrected chi connectivity index (χ2v) is 12.2. The SMILES string of the molecule is COc1ccc(-n2nc(C(C)(C)C)c3c2N(CC(=O)NC[C@@H]2CCCO2)C(=O)CS[C@H]3c2cccc(F)c2)cc1. The molecule has 10 heteroatoms. The molecular weight excluding hydrogens is 531 g/mol. The average Bonchev–Trinajstić information content (AvgIpc) is 3.56. The zero-order valence-electron chi connectivity index (χ0n) is 23.3. The van der Waals surface area contributed by atoms with Gasteiger partial charge in [0, 0.05) is 24.1 Å². The highest BCUT2D eigenvalue weighted by Crippen LogP contribution is 2.48. The summed E-state index contributed by atoms with van der Waals surface area (Å²) in [6, 6.07) is 13.9. The van der Waals surface area contributed by atoms with Crippen LogP contribution in [0, 0.1) is 5.82 Å². The molecule has 1 N–H and O–H groups in total. The van der Waals surface area contributed by atoms with E-state index in [1.54, 1.807) is 17.9 Å². The van der Waals surface area contributed by atoms with E-state index in [-0.39, 0.29) is 41.3 Å². The van der Waals surface area contributed by atoms with Crippen LogP contribution in [0.25, 0.3) is 5.69 Å². The monoisotopic (exact) mass is 566 g/mol. The number of benzene rings is 2. The van der Waals surface area contributed by atoms with Gasteiger partial charge in [-0.25, -0.2) is 9.07 Å². The fraction of sp³-hybridized carbons (Fsp3) is 0.433. The predicted octanol–water partition coefficient (Wildman–Crippen LogP) is 4.78. The molecule has 40 heavy (non-hydrogen) atoms. The minimum atomic E-state index is -0.408. The third kappa shape index (κ3) is 5.88. The molecule has 2 aliphatic heterocycles. The molecule has 0 saturated carbocycles. The fourth-order valence-corrected chi connectivity index (χ4v) is 6.33. The van der Waals surface area contributed by atoms with Gasteiger partial charge in [0.05, 0.1) is 35.6 Å². The number of hydrogen-bond donors (Lipinski definition) is 1. The van der Waals surface area contributed by atoms with Crippen LogP contribution in [0.3, 0.4) is 0 Å². The van der Waals surface area contributed by atoms with Crippen LogP contribution in [0.4, 0.5) is 10.2 Å². The van der Waals surface area contributed by atoms with Crippen molar-refractivity contribution < 1.29 is 23.5 Å². The van der Waals surface area contributed by atoms with E-state index in [0.717, 1.165) is 35.3 Å². The van der Waals surface area contributed by atoms with Gasteiger partial charge in [-0.2, -0.15) is 5.10 Å². The first-order valence-corrected chi connectivity index (χ1v) is 14.5. The molecule has 3 heterocycles. The van der Waals surface area contributed by atoms with Crippen molar-refractivity contribution in [3.05, 3.63) is 71.2 Å².